The van der Waals surface area contributed by atoms with E-state index in [0.717, 1.165) is 22.2 Å². The van der Waals surface area contributed by atoms with E-state index in [0.29, 0.717) is 21.7 Å². The third-order valence-corrected chi connectivity index (χ3v) is 5.32. The zero-order chi connectivity index (χ0) is 20.0. The molecule has 6 nitrogen and oxygen atoms in total. The van der Waals surface area contributed by atoms with Crippen LogP contribution in [0.25, 0.3) is 33.2 Å². The molecule has 0 radical (unpaired) electrons. The van der Waals surface area contributed by atoms with Crippen molar-refractivity contribution in [2.24, 2.45) is 0 Å². The third kappa shape index (κ3) is 3.15. The number of aromatic amines is 2. The van der Waals surface area contributed by atoms with Crippen LogP contribution in [-0.4, -0.2) is 25.8 Å². The number of nitrogens with zero attached hydrogens (tertiary/aromatic N) is 2. The summed E-state index contributed by atoms with van der Waals surface area (Å²) < 4.78 is 25.6. The van der Waals surface area contributed by atoms with Crippen LogP contribution in [-0.2, 0) is 0 Å². The molecule has 144 valence electrons. The molecule has 0 unspecified atom stereocenters. The number of anilines is 1. The highest BCUT2D eigenvalue weighted by molar-refractivity contribution is 7.14. The molecule has 3 N–H and O–H groups in total. The molecule has 0 aliphatic rings. The lowest BCUT2D eigenvalue weighted by molar-refractivity contribution is 0.102. The Bertz CT molecular complexity index is 1350. The number of H-pyrrole nitrogens is 2. The first kappa shape index (κ1) is 17.5. The fourth-order valence-corrected chi connectivity index (χ4v) is 3.89. The number of para-hydroxylation sites is 1. The van der Waals surface area contributed by atoms with Gasteiger partial charge >= 0.3 is 0 Å². The Kier molecular flexibility index (Phi) is 4.09. The molecule has 9 heteroatoms. The van der Waals surface area contributed by atoms with Gasteiger partial charge in [0, 0.05) is 33.6 Å². The number of aromatic nitrogens is 4. The van der Waals surface area contributed by atoms with Crippen LogP contribution in [0.2, 0.25) is 0 Å². The van der Waals surface area contributed by atoms with E-state index in [-0.39, 0.29) is 5.91 Å². The number of nitrogens with one attached hydrogen (secondary N) is 3. The Morgan fingerprint density at radius 2 is 1.97 bits per heavy atom. The second-order valence-corrected chi connectivity index (χ2v) is 7.25. The van der Waals surface area contributed by atoms with Crippen LogP contribution in [0.1, 0.15) is 22.6 Å². The molecule has 1 amide bonds. The van der Waals surface area contributed by atoms with E-state index in [1.807, 2.05) is 35.8 Å². The van der Waals surface area contributed by atoms with Crippen molar-refractivity contribution in [1.29, 1.82) is 0 Å². The van der Waals surface area contributed by atoms with Gasteiger partial charge < -0.3 is 9.97 Å². The number of benzene rings is 2. The van der Waals surface area contributed by atoms with E-state index in [1.165, 1.54) is 23.5 Å². The molecular weight excluding hydrogens is 396 g/mol. The highest BCUT2D eigenvalue weighted by Crippen LogP contribution is 2.31. The number of halogens is 2. The van der Waals surface area contributed by atoms with E-state index in [2.05, 4.69) is 25.3 Å². The topological polar surface area (TPSA) is 86.5 Å². The molecule has 0 aliphatic carbocycles. The van der Waals surface area contributed by atoms with Gasteiger partial charge in [-0.2, -0.15) is 0 Å². The van der Waals surface area contributed by atoms with Gasteiger partial charge in [-0.3, -0.25) is 10.1 Å². The van der Waals surface area contributed by atoms with Crippen molar-refractivity contribution in [1.82, 2.24) is 19.9 Å². The summed E-state index contributed by atoms with van der Waals surface area (Å²) in [7, 11) is 0. The summed E-state index contributed by atoms with van der Waals surface area (Å²) in [5, 5.41) is 6.14. The summed E-state index contributed by atoms with van der Waals surface area (Å²) >= 11 is 1.31. The largest absolute Gasteiger partial charge is 0.360 e. The minimum absolute atomic E-state index is 0.325. The molecule has 0 atom stereocenters. The molecular formula is C20H13F2N5OS. The smallest absolute Gasteiger partial charge is 0.295 e. The maximum atomic E-state index is 12.8. The second-order valence-electron chi connectivity index (χ2n) is 6.39. The number of imidazole rings is 1. The molecule has 5 rings (SSSR count). The number of thiazole rings is 1. The summed E-state index contributed by atoms with van der Waals surface area (Å²) in [6.45, 7) is 0. The summed E-state index contributed by atoms with van der Waals surface area (Å²) in [5.41, 5.74) is 3.81. The Balaban J connectivity index is 1.39. The van der Waals surface area contributed by atoms with Gasteiger partial charge in [0.05, 0.1) is 16.7 Å². The van der Waals surface area contributed by atoms with Crippen LogP contribution in [0.3, 0.4) is 0 Å². The minimum Gasteiger partial charge on any atom is -0.360 e. The average Bonchev–Trinajstić information content (AvgIpc) is 3.44. The van der Waals surface area contributed by atoms with E-state index >= 15 is 0 Å². The van der Waals surface area contributed by atoms with Crippen molar-refractivity contribution in [2.75, 3.05) is 5.32 Å². The van der Waals surface area contributed by atoms with Gasteiger partial charge in [-0.25, -0.2) is 18.7 Å². The molecule has 0 fully saturated rings. The third-order valence-electron chi connectivity index (χ3n) is 4.56. The highest BCUT2D eigenvalue weighted by atomic mass is 32.1. The Morgan fingerprint density at radius 3 is 2.83 bits per heavy atom. The zero-order valence-electron chi connectivity index (χ0n) is 14.7. The van der Waals surface area contributed by atoms with Crippen LogP contribution >= 0.6 is 11.3 Å². The molecule has 0 saturated carbocycles. The number of amides is 1. The Morgan fingerprint density at radius 1 is 1.10 bits per heavy atom. The quantitative estimate of drug-likeness (QED) is 0.374. The van der Waals surface area contributed by atoms with E-state index < -0.39 is 12.2 Å². The van der Waals surface area contributed by atoms with Gasteiger partial charge in [-0.1, -0.05) is 18.2 Å². The van der Waals surface area contributed by atoms with Gasteiger partial charge in [0.25, 0.3) is 12.3 Å². The molecule has 0 aliphatic heterocycles. The summed E-state index contributed by atoms with van der Waals surface area (Å²) in [4.78, 5) is 26.6. The predicted molar refractivity (Wildman–Crippen MR) is 108 cm³/mol. The Labute approximate surface area is 166 Å². The first-order chi connectivity index (χ1) is 14.1. The lowest BCUT2D eigenvalue weighted by atomic mass is 10.1. The molecule has 0 bridgehead atoms. The number of hydrogen-bond donors (Lipinski definition) is 3. The van der Waals surface area contributed by atoms with Gasteiger partial charge in [0.2, 0.25) is 0 Å². The van der Waals surface area contributed by atoms with Crippen molar-refractivity contribution < 1.29 is 13.6 Å². The van der Waals surface area contributed by atoms with Crippen LogP contribution < -0.4 is 5.32 Å². The second kappa shape index (κ2) is 6.78. The van der Waals surface area contributed by atoms with Gasteiger partial charge in [0.15, 0.2) is 11.0 Å². The van der Waals surface area contributed by atoms with Crippen molar-refractivity contribution in [3.63, 3.8) is 0 Å². The zero-order valence-corrected chi connectivity index (χ0v) is 15.6. The maximum absolute atomic E-state index is 12.8. The number of carbonyl (C=O) groups is 1. The van der Waals surface area contributed by atoms with Crippen LogP contribution in [0.4, 0.5) is 13.9 Å². The van der Waals surface area contributed by atoms with Crippen molar-refractivity contribution in [2.45, 2.75) is 6.43 Å². The molecule has 3 heterocycles. The molecule has 2 aromatic carbocycles. The van der Waals surface area contributed by atoms with Crippen molar-refractivity contribution in [3.8, 4) is 11.3 Å². The average molecular weight is 409 g/mol. The minimum atomic E-state index is -2.70. The molecule has 0 saturated heterocycles. The monoisotopic (exact) mass is 409 g/mol. The molecule has 5 aromatic rings. The summed E-state index contributed by atoms with van der Waals surface area (Å²) in [5.74, 6) is -0.791. The van der Waals surface area contributed by atoms with Crippen molar-refractivity contribution in [3.05, 3.63) is 65.4 Å². The molecule has 3 aromatic heterocycles. The van der Waals surface area contributed by atoms with Gasteiger partial charge in [-0.15, -0.1) is 11.3 Å². The van der Waals surface area contributed by atoms with Crippen molar-refractivity contribution >= 4 is 44.3 Å². The van der Waals surface area contributed by atoms with E-state index in [4.69, 9.17) is 0 Å². The number of fused-ring (bicyclic) bond motifs is 2. The van der Waals surface area contributed by atoms with Crippen LogP contribution in [0.5, 0.6) is 0 Å². The number of carbonyl (C=O) groups excluding carboxylic acids is 1. The van der Waals surface area contributed by atoms with E-state index in [1.54, 1.807) is 6.07 Å². The summed E-state index contributed by atoms with van der Waals surface area (Å²) in [6, 6.07) is 12.5. The molecule has 0 spiro atoms. The first-order valence-corrected chi connectivity index (χ1v) is 9.57. The lowest BCUT2D eigenvalue weighted by Gasteiger charge is -2.01. The fraction of sp³-hybridized carbons (Fsp3) is 0.0500. The maximum Gasteiger partial charge on any atom is 0.295 e. The van der Waals surface area contributed by atoms with Crippen LogP contribution in [0.15, 0.2) is 54.0 Å². The normalized spacial score (nSPS) is 11.6. The Hall–Kier alpha value is -3.59. The standard InChI is InChI=1S/C20H13F2N5OS/c21-17(22)18-24-14-6-5-10(7-15(14)25-18)19(28)27-20-26-16(9-29-20)12-8-23-13-4-2-1-3-11(12)13/h1-9,17,23H,(H,24,25)(H,26,27,28). The van der Waals surface area contributed by atoms with Gasteiger partial charge in [0.1, 0.15) is 0 Å². The SMILES string of the molecule is O=C(Nc1nc(-c2c[nH]c3ccccc23)cs1)c1ccc2nc(C(F)F)[nH]c2c1. The van der Waals surface area contributed by atoms with Gasteiger partial charge in [-0.05, 0) is 24.3 Å². The lowest BCUT2D eigenvalue weighted by Crippen LogP contribution is -2.11. The number of alkyl halides is 2. The van der Waals surface area contributed by atoms with Crippen LogP contribution in [0, 0.1) is 0 Å². The number of hydrogen-bond acceptors (Lipinski definition) is 4. The molecule has 29 heavy (non-hydrogen) atoms. The van der Waals surface area contributed by atoms with E-state index in [9.17, 15) is 13.6 Å². The highest BCUT2D eigenvalue weighted by Gasteiger charge is 2.16. The fourth-order valence-electron chi connectivity index (χ4n) is 3.18. The number of rotatable bonds is 4. The summed E-state index contributed by atoms with van der Waals surface area (Å²) in [6.07, 6.45) is -0.809. The first-order valence-electron chi connectivity index (χ1n) is 8.69. The predicted octanol–water partition coefficient (Wildman–Crippen LogP) is 5.36.